The molecule has 29 heavy (non-hydrogen) atoms. The van der Waals surface area contributed by atoms with Crippen molar-refractivity contribution in [1.29, 1.82) is 0 Å². The summed E-state index contributed by atoms with van der Waals surface area (Å²) >= 11 is 0. The summed E-state index contributed by atoms with van der Waals surface area (Å²) < 4.78 is 20.9. The highest BCUT2D eigenvalue weighted by atomic mass is 19.1. The smallest absolute Gasteiger partial charge is 0.157 e. The highest BCUT2D eigenvalue weighted by molar-refractivity contribution is 5.85. The number of hydrogen-bond donors (Lipinski definition) is 2. The van der Waals surface area contributed by atoms with Gasteiger partial charge in [-0.05, 0) is 38.1 Å². The van der Waals surface area contributed by atoms with Crippen molar-refractivity contribution in [3.05, 3.63) is 59.7 Å². The molecular weight excluding hydrogens is 371 g/mol. The van der Waals surface area contributed by atoms with Gasteiger partial charge in [0.1, 0.15) is 17.5 Å². The van der Waals surface area contributed by atoms with Crippen LogP contribution < -0.4 is 10.6 Å². The Balaban J connectivity index is 1.74. The first-order valence-electron chi connectivity index (χ1n) is 9.46. The maximum absolute atomic E-state index is 14.0. The molecule has 0 aliphatic rings. The van der Waals surface area contributed by atoms with Crippen molar-refractivity contribution in [2.24, 2.45) is 0 Å². The summed E-state index contributed by atoms with van der Waals surface area (Å²) in [5.74, 6) is 1.27. The average Bonchev–Trinajstić information content (AvgIpc) is 3.21. The van der Waals surface area contributed by atoms with Crippen LogP contribution in [0.1, 0.15) is 24.1 Å². The van der Waals surface area contributed by atoms with Crippen molar-refractivity contribution in [2.75, 3.05) is 30.9 Å². The highest BCUT2D eigenvalue weighted by Gasteiger charge is 2.17. The van der Waals surface area contributed by atoms with Crippen molar-refractivity contribution in [3.8, 4) is 0 Å². The van der Waals surface area contributed by atoms with E-state index < -0.39 is 0 Å². The lowest BCUT2D eigenvalue weighted by molar-refractivity contribution is 0.210. The van der Waals surface area contributed by atoms with Gasteiger partial charge in [0, 0.05) is 42.4 Å². The Morgan fingerprint density at radius 1 is 1.21 bits per heavy atom. The molecule has 1 atom stereocenters. The fraction of sp³-hybridized carbons (Fsp3) is 0.286. The minimum atomic E-state index is -0.260. The predicted molar refractivity (Wildman–Crippen MR) is 112 cm³/mol. The summed E-state index contributed by atoms with van der Waals surface area (Å²) in [7, 11) is 1.65. The Bertz CT molecular complexity index is 1160. The number of benzene rings is 1. The summed E-state index contributed by atoms with van der Waals surface area (Å²) in [6.45, 7) is 4.94. The average molecular weight is 394 g/mol. The van der Waals surface area contributed by atoms with Crippen LogP contribution in [0.5, 0.6) is 0 Å². The number of methoxy groups -OCH3 is 1. The molecule has 0 bridgehead atoms. The number of nitrogens with one attached hydrogen (secondary N) is 2. The molecule has 2 N–H and O–H groups in total. The van der Waals surface area contributed by atoms with E-state index in [0.29, 0.717) is 30.0 Å². The van der Waals surface area contributed by atoms with Crippen molar-refractivity contribution in [1.82, 2.24) is 19.6 Å². The fourth-order valence-electron chi connectivity index (χ4n) is 3.36. The van der Waals surface area contributed by atoms with Crippen molar-refractivity contribution in [3.63, 3.8) is 0 Å². The molecule has 7 nitrogen and oxygen atoms in total. The Labute approximate surface area is 167 Å². The van der Waals surface area contributed by atoms with Crippen LogP contribution in [0.4, 0.5) is 16.0 Å². The minimum Gasteiger partial charge on any atom is -0.383 e. The molecule has 0 aliphatic heterocycles. The summed E-state index contributed by atoms with van der Waals surface area (Å²) in [6.07, 6.45) is 3.46. The summed E-state index contributed by atoms with van der Waals surface area (Å²) in [5.41, 5.74) is 2.93. The normalized spacial score (nSPS) is 12.4. The number of ether oxygens (including phenoxy) is 1. The number of pyridine rings is 1. The molecule has 0 saturated carbocycles. The third kappa shape index (κ3) is 3.71. The van der Waals surface area contributed by atoms with Crippen molar-refractivity contribution < 1.29 is 9.13 Å². The Hall–Kier alpha value is -3.26. The maximum atomic E-state index is 14.0. The van der Waals surface area contributed by atoms with Gasteiger partial charge >= 0.3 is 0 Å². The third-order valence-electron chi connectivity index (χ3n) is 4.92. The topological polar surface area (TPSA) is 76.4 Å². The minimum absolute atomic E-state index is 0.0860. The number of hydrogen-bond acceptors (Lipinski definition) is 6. The standard InChI is InChI=1S/C21H23FN6O/c1-13-17(22)5-4-15-12-16(21(27-20(13)15)24-10-11-29-3)14(2)26-19-6-8-23-18-7-9-25-28(18)19/h4-9,12,14,26H,10-11H2,1-3H3,(H,24,27). The van der Waals surface area contributed by atoms with Crippen LogP contribution in [0, 0.1) is 12.7 Å². The number of aromatic nitrogens is 4. The number of anilines is 2. The Morgan fingerprint density at radius 2 is 2.07 bits per heavy atom. The summed E-state index contributed by atoms with van der Waals surface area (Å²) in [4.78, 5) is 9.04. The van der Waals surface area contributed by atoms with E-state index in [9.17, 15) is 4.39 Å². The molecule has 3 aromatic heterocycles. The number of aryl methyl sites for hydroxylation is 1. The first-order chi connectivity index (χ1) is 14.1. The molecule has 0 saturated heterocycles. The second-order valence-electron chi connectivity index (χ2n) is 6.89. The molecule has 1 unspecified atom stereocenters. The van der Waals surface area contributed by atoms with E-state index in [1.165, 1.54) is 6.07 Å². The van der Waals surface area contributed by atoms with E-state index in [1.807, 2.05) is 18.2 Å². The molecule has 4 rings (SSSR count). The van der Waals surface area contributed by atoms with Crippen LogP contribution in [-0.4, -0.2) is 39.8 Å². The van der Waals surface area contributed by atoms with E-state index in [1.54, 1.807) is 37.0 Å². The zero-order valence-electron chi connectivity index (χ0n) is 16.6. The monoisotopic (exact) mass is 394 g/mol. The van der Waals surface area contributed by atoms with E-state index in [4.69, 9.17) is 9.72 Å². The van der Waals surface area contributed by atoms with Crippen molar-refractivity contribution in [2.45, 2.75) is 19.9 Å². The molecule has 0 spiro atoms. The van der Waals surface area contributed by atoms with Gasteiger partial charge in [0.15, 0.2) is 5.65 Å². The molecule has 0 radical (unpaired) electrons. The predicted octanol–water partition coefficient (Wildman–Crippen LogP) is 3.96. The Morgan fingerprint density at radius 3 is 2.90 bits per heavy atom. The molecule has 3 heterocycles. The fourth-order valence-corrected chi connectivity index (χ4v) is 3.36. The lowest BCUT2D eigenvalue weighted by Crippen LogP contribution is -2.16. The van der Waals surface area contributed by atoms with Gasteiger partial charge in [0.05, 0.1) is 24.4 Å². The molecular formula is C21H23FN6O. The number of nitrogens with zero attached hydrogens (tertiary/aromatic N) is 4. The molecule has 4 aromatic rings. The van der Waals surface area contributed by atoms with Crippen LogP contribution in [-0.2, 0) is 4.74 Å². The zero-order valence-corrected chi connectivity index (χ0v) is 16.6. The molecule has 150 valence electrons. The SMILES string of the molecule is COCCNc1nc2c(C)c(F)ccc2cc1C(C)Nc1ccnc2ccnn12. The van der Waals surface area contributed by atoms with Crippen LogP contribution in [0.3, 0.4) is 0 Å². The van der Waals surface area contributed by atoms with Crippen molar-refractivity contribution >= 4 is 28.2 Å². The largest absolute Gasteiger partial charge is 0.383 e. The lowest BCUT2D eigenvalue weighted by atomic mass is 10.0. The van der Waals surface area contributed by atoms with Gasteiger partial charge in [-0.1, -0.05) is 0 Å². The van der Waals surface area contributed by atoms with E-state index >= 15 is 0 Å². The molecule has 0 aliphatic carbocycles. The third-order valence-corrected chi connectivity index (χ3v) is 4.92. The molecule has 0 amide bonds. The van der Waals surface area contributed by atoms with Gasteiger partial charge < -0.3 is 15.4 Å². The first-order valence-corrected chi connectivity index (χ1v) is 9.46. The Kier molecular flexibility index (Phi) is 5.26. The quantitative estimate of drug-likeness (QED) is 0.462. The molecule has 0 fully saturated rings. The van der Waals surface area contributed by atoms with Gasteiger partial charge in [0.2, 0.25) is 0 Å². The second kappa shape index (κ2) is 8.00. The van der Waals surface area contributed by atoms with Crippen LogP contribution >= 0.6 is 0 Å². The molecule has 8 heteroatoms. The van der Waals surface area contributed by atoms with Gasteiger partial charge in [-0.15, -0.1) is 0 Å². The highest BCUT2D eigenvalue weighted by Crippen LogP contribution is 2.30. The zero-order chi connectivity index (χ0) is 20.4. The number of halogens is 1. The molecule has 1 aromatic carbocycles. The van der Waals surface area contributed by atoms with Gasteiger partial charge in [-0.25, -0.2) is 14.4 Å². The van der Waals surface area contributed by atoms with E-state index in [0.717, 1.165) is 22.4 Å². The van der Waals surface area contributed by atoms with Gasteiger partial charge in [-0.2, -0.15) is 9.61 Å². The summed E-state index contributed by atoms with van der Waals surface area (Å²) in [5, 5.41) is 12.0. The lowest BCUT2D eigenvalue weighted by Gasteiger charge is -2.21. The summed E-state index contributed by atoms with van der Waals surface area (Å²) in [6, 6.07) is 8.93. The number of fused-ring (bicyclic) bond motifs is 2. The van der Waals surface area contributed by atoms with Crippen LogP contribution in [0.15, 0.2) is 42.7 Å². The van der Waals surface area contributed by atoms with Crippen LogP contribution in [0.2, 0.25) is 0 Å². The van der Waals surface area contributed by atoms with Gasteiger partial charge in [0.25, 0.3) is 0 Å². The number of rotatable bonds is 7. The first kappa shape index (κ1) is 19.1. The van der Waals surface area contributed by atoms with E-state index in [-0.39, 0.29) is 11.9 Å². The maximum Gasteiger partial charge on any atom is 0.157 e. The van der Waals surface area contributed by atoms with Gasteiger partial charge in [-0.3, -0.25) is 0 Å². The van der Waals surface area contributed by atoms with E-state index in [2.05, 4.69) is 27.6 Å². The second-order valence-corrected chi connectivity index (χ2v) is 6.89. The van der Waals surface area contributed by atoms with Crippen LogP contribution in [0.25, 0.3) is 16.6 Å².